The molecular formula is C26H26N2O5S. The smallest absolute Gasteiger partial charge is 0.341 e. The number of methoxy groups -OCH3 is 1. The van der Waals surface area contributed by atoms with Crippen molar-refractivity contribution in [3.05, 3.63) is 81.7 Å². The number of nitrogens with zero attached hydrogens (tertiary/aromatic N) is 1. The largest absolute Gasteiger partial charge is 0.496 e. The van der Waals surface area contributed by atoms with E-state index in [1.54, 1.807) is 49.4 Å². The number of para-hydroxylation sites is 1. The Hall–Kier alpha value is -3.91. The fraction of sp³-hybridized carbons (Fsp3) is 0.192. The number of esters is 1. The van der Waals surface area contributed by atoms with Gasteiger partial charge in [0, 0.05) is 28.4 Å². The zero-order chi connectivity index (χ0) is 24.5. The third kappa shape index (κ3) is 5.90. The molecule has 0 aliphatic carbocycles. The Kier molecular flexibility index (Phi) is 8.59. The molecule has 0 saturated carbocycles. The first kappa shape index (κ1) is 24.7. The lowest BCUT2D eigenvalue weighted by Crippen LogP contribution is -2.13. The van der Waals surface area contributed by atoms with E-state index in [4.69, 9.17) is 14.2 Å². The van der Waals surface area contributed by atoms with Gasteiger partial charge >= 0.3 is 5.97 Å². The number of amides is 1. The summed E-state index contributed by atoms with van der Waals surface area (Å²) in [7, 11) is 1.53. The molecule has 0 spiro atoms. The van der Waals surface area contributed by atoms with E-state index in [-0.39, 0.29) is 12.5 Å². The van der Waals surface area contributed by atoms with Crippen molar-refractivity contribution in [3.8, 4) is 11.5 Å². The molecule has 1 amide bonds. The minimum Gasteiger partial charge on any atom is -0.496 e. The lowest BCUT2D eigenvalue weighted by Gasteiger charge is -2.11. The van der Waals surface area contributed by atoms with Crippen molar-refractivity contribution in [1.29, 1.82) is 0 Å². The Balaban J connectivity index is 1.71. The summed E-state index contributed by atoms with van der Waals surface area (Å²) in [5.74, 6) is 0.380. The number of hydrogen-bond donors (Lipinski definition) is 1. The summed E-state index contributed by atoms with van der Waals surface area (Å²) in [6.45, 7) is 7.69. The van der Waals surface area contributed by atoms with Gasteiger partial charge in [0.05, 0.1) is 24.9 Å². The van der Waals surface area contributed by atoms with Crippen LogP contribution in [0.4, 0.5) is 5.69 Å². The van der Waals surface area contributed by atoms with E-state index in [9.17, 15) is 9.59 Å². The van der Waals surface area contributed by atoms with Gasteiger partial charge in [-0.25, -0.2) is 4.79 Å². The third-order valence-corrected chi connectivity index (χ3v) is 6.10. The lowest BCUT2D eigenvalue weighted by atomic mass is 10.1. The van der Waals surface area contributed by atoms with Crippen LogP contribution in [-0.4, -0.2) is 32.3 Å². The second kappa shape index (κ2) is 11.8. The highest BCUT2D eigenvalue weighted by molar-refractivity contribution is 7.11. The molecule has 0 fully saturated rings. The first-order chi connectivity index (χ1) is 16.5. The molecule has 1 aromatic heterocycles. The zero-order valence-corrected chi connectivity index (χ0v) is 20.1. The molecule has 3 aromatic rings. The van der Waals surface area contributed by atoms with E-state index in [1.165, 1.54) is 24.6 Å². The minimum atomic E-state index is -0.439. The van der Waals surface area contributed by atoms with Gasteiger partial charge in [-0.3, -0.25) is 9.79 Å². The first-order valence-electron chi connectivity index (χ1n) is 10.6. The molecule has 3 rings (SSSR count). The van der Waals surface area contributed by atoms with Crippen molar-refractivity contribution < 1.29 is 23.8 Å². The van der Waals surface area contributed by atoms with Crippen molar-refractivity contribution in [2.75, 3.05) is 19.0 Å². The van der Waals surface area contributed by atoms with E-state index < -0.39 is 5.97 Å². The van der Waals surface area contributed by atoms with Gasteiger partial charge < -0.3 is 19.5 Å². The van der Waals surface area contributed by atoms with Crippen LogP contribution in [0.3, 0.4) is 0 Å². The van der Waals surface area contributed by atoms with E-state index in [2.05, 4.69) is 17.0 Å². The Morgan fingerprint density at radius 1 is 1.18 bits per heavy atom. The van der Waals surface area contributed by atoms with E-state index in [0.717, 1.165) is 16.0 Å². The van der Waals surface area contributed by atoms with Crippen LogP contribution in [-0.2, 0) is 16.1 Å². The van der Waals surface area contributed by atoms with E-state index in [0.29, 0.717) is 34.9 Å². The second-order valence-corrected chi connectivity index (χ2v) is 8.01. The molecule has 2 aromatic carbocycles. The quantitative estimate of drug-likeness (QED) is 0.236. The average molecular weight is 479 g/mol. The van der Waals surface area contributed by atoms with Crippen molar-refractivity contribution in [2.24, 2.45) is 4.99 Å². The SMILES string of the molecule is C=N/C=C(/C(=O)OCC)c1scc(COc2cccc(NC(=O)c3ccccc3OC)c2)c1C. The lowest BCUT2D eigenvalue weighted by molar-refractivity contribution is -0.136. The molecule has 7 nitrogen and oxygen atoms in total. The molecule has 8 heteroatoms. The second-order valence-electron chi connectivity index (χ2n) is 7.13. The van der Waals surface area contributed by atoms with Gasteiger partial charge in [-0.2, -0.15) is 0 Å². The van der Waals surface area contributed by atoms with Crippen molar-refractivity contribution in [1.82, 2.24) is 0 Å². The number of benzene rings is 2. The van der Waals surface area contributed by atoms with Crippen LogP contribution in [0.1, 0.15) is 33.3 Å². The summed E-state index contributed by atoms with van der Waals surface area (Å²) >= 11 is 1.42. The summed E-state index contributed by atoms with van der Waals surface area (Å²) in [6, 6.07) is 14.2. The van der Waals surface area contributed by atoms with Crippen molar-refractivity contribution in [2.45, 2.75) is 20.5 Å². The maximum atomic E-state index is 12.7. The molecule has 0 radical (unpaired) electrons. The van der Waals surface area contributed by atoms with Gasteiger partial charge in [0.25, 0.3) is 5.91 Å². The summed E-state index contributed by atoms with van der Waals surface area (Å²) in [4.78, 5) is 29.5. The predicted octanol–water partition coefficient (Wildman–Crippen LogP) is 5.50. The minimum absolute atomic E-state index is 0.275. The maximum Gasteiger partial charge on any atom is 0.341 e. The Labute approximate surface area is 202 Å². The summed E-state index contributed by atoms with van der Waals surface area (Å²) in [5, 5.41) is 4.81. The molecule has 0 bridgehead atoms. The van der Waals surface area contributed by atoms with Gasteiger partial charge in [-0.05, 0) is 55.8 Å². The highest BCUT2D eigenvalue weighted by atomic mass is 32.1. The normalized spacial score (nSPS) is 11.0. The topological polar surface area (TPSA) is 86.2 Å². The highest BCUT2D eigenvalue weighted by Gasteiger charge is 2.19. The third-order valence-electron chi connectivity index (χ3n) is 4.94. The van der Waals surface area contributed by atoms with E-state index in [1.807, 2.05) is 18.4 Å². The van der Waals surface area contributed by atoms with Gasteiger partial charge in [0.15, 0.2) is 0 Å². The van der Waals surface area contributed by atoms with Crippen LogP contribution in [0, 0.1) is 6.92 Å². The van der Waals surface area contributed by atoms with Gasteiger partial charge in [-0.15, -0.1) is 11.3 Å². The van der Waals surface area contributed by atoms with Crippen LogP contribution in [0.5, 0.6) is 11.5 Å². The summed E-state index contributed by atoms with van der Waals surface area (Å²) in [5.41, 5.74) is 3.25. The summed E-state index contributed by atoms with van der Waals surface area (Å²) in [6.07, 6.45) is 1.41. The number of aliphatic imine (C=N–C) groups is 1. The fourth-order valence-corrected chi connectivity index (χ4v) is 4.30. The first-order valence-corrected chi connectivity index (χ1v) is 11.4. The average Bonchev–Trinajstić information content (AvgIpc) is 3.21. The van der Waals surface area contributed by atoms with E-state index >= 15 is 0 Å². The number of hydrogen-bond acceptors (Lipinski definition) is 7. The maximum absolute atomic E-state index is 12.7. The van der Waals surface area contributed by atoms with Crippen LogP contribution in [0.25, 0.3) is 5.57 Å². The van der Waals surface area contributed by atoms with Gasteiger partial charge in [0.1, 0.15) is 18.1 Å². The van der Waals surface area contributed by atoms with Gasteiger partial charge in [-0.1, -0.05) is 18.2 Å². The zero-order valence-electron chi connectivity index (χ0n) is 19.3. The van der Waals surface area contributed by atoms with Gasteiger partial charge in [0.2, 0.25) is 0 Å². The number of nitrogens with one attached hydrogen (secondary N) is 1. The van der Waals surface area contributed by atoms with Crippen LogP contribution >= 0.6 is 11.3 Å². The molecule has 1 N–H and O–H groups in total. The number of thiophene rings is 1. The number of ether oxygens (including phenoxy) is 3. The molecule has 0 atom stereocenters. The van der Waals surface area contributed by atoms with Crippen molar-refractivity contribution >= 4 is 41.2 Å². The number of rotatable bonds is 10. The predicted molar refractivity (Wildman–Crippen MR) is 135 cm³/mol. The molecule has 34 heavy (non-hydrogen) atoms. The molecular weight excluding hydrogens is 452 g/mol. The Morgan fingerprint density at radius 2 is 1.97 bits per heavy atom. The van der Waals surface area contributed by atoms with Crippen LogP contribution < -0.4 is 14.8 Å². The molecule has 176 valence electrons. The van der Waals surface area contributed by atoms with Crippen molar-refractivity contribution in [3.63, 3.8) is 0 Å². The fourth-order valence-electron chi connectivity index (χ4n) is 3.22. The number of carbonyl (C=O) groups is 2. The molecule has 0 unspecified atom stereocenters. The standard InChI is InChI=1S/C26H26N2O5S/c1-5-32-26(30)22(14-27-3)24-17(2)18(16-34-24)15-33-20-10-8-9-19(13-20)28-25(29)21-11-6-7-12-23(21)31-4/h6-14,16H,3,5,15H2,1-2,4H3,(H,28,29)/b22-14+. The Bertz CT molecular complexity index is 1220. The Morgan fingerprint density at radius 3 is 2.71 bits per heavy atom. The van der Waals surface area contributed by atoms with Crippen LogP contribution in [0.15, 0.2) is 65.1 Å². The molecule has 0 saturated heterocycles. The highest BCUT2D eigenvalue weighted by Crippen LogP contribution is 2.31. The summed E-state index contributed by atoms with van der Waals surface area (Å²) < 4.78 is 16.4. The monoisotopic (exact) mass is 478 g/mol. The molecule has 1 heterocycles. The molecule has 0 aliphatic rings. The number of anilines is 1. The molecule has 0 aliphatic heterocycles. The number of carbonyl (C=O) groups excluding carboxylic acids is 2. The van der Waals surface area contributed by atoms with Crippen LogP contribution in [0.2, 0.25) is 0 Å².